The van der Waals surface area contributed by atoms with Gasteiger partial charge in [-0.3, -0.25) is 0 Å². The van der Waals surface area contributed by atoms with E-state index in [1.54, 1.807) is 0 Å². The Morgan fingerprint density at radius 1 is 0.314 bits per heavy atom. The summed E-state index contributed by atoms with van der Waals surface area (Å²) >= 11 is 0. The topological polar surface area (TPSA) is 25.6 Å². The Labute approximate surface area is 294 Å². The number of rotatable bonds is 4. The maximum absolute atomic E-state index is 3.79. The summed E-state index contributed by atoms with van der Waals surface area (Å²) in [4.78, 5) is 3.79. The molecule has 0 aliphatic carbocycles. The van der Waals surface area contributed by atoms with Crippen molar-refractivity contribution in [3.63, 3.8) is 0 Å². The zero-order chi connectivity index (χ0) is 33.5. The minimum Gasteiger partial charge on any atom is -0.353 e. The first-order valence-electron chi connectivity index (χ1n) is 17.5. The van der Waals surface area contributed by atoms with E-state index in [9.17, 15) is 0 Å². The van der Waals surface area contributed by atoms with Gasteiger partial charge in [0, 0.05) is 43.5 Å². The second kappa shape index (κ2) is 10.8. The highest BCUT2D eigenvalue weighted by Crippen LogP contribution is 2.40. The summed E-state index contributed by atoms with van der Waals surface area (Å²) in [5.74, 6) is 0. The first-order valence-corrected chi connectivity index (χ1v) is 17.5. The van der Waals surface area contributed by atoms with Gasteiger partial charge < -0.3 is 14.1 Å². The number of benzene rings is 8. The van der Waals surface area contributed by atoms with Crippen LogP contribution in [0, 0.1) is 0 Å². The zero-order valence-corrected chi connectivity index (χ0v) is 27.7. The molecule has 0 aliphatic rings. The SMILES string of the molecule is c1ccc(-n2c3ccccc3c3cc(-c4ccc(-c5cc(-n6c7ccccc7c7ccccc76)c6[nH]c7ccccc7c6c5)cc4)ccc32)cc1. The lowest BCUT2D eigenvalue weighted by Gasteiger charge is -2.13. The third-order valence-corrected chi connectivity index (χ3v) is 10.7. The predicted octanol–water partition coefficient (Wildman–Crippen LogP) is 12.8. The highest BCUT2D eigenvalue weighted by Gasteiger charge is 2.18. The predicted molar refractivity (Wildman–Crippen MR) is 215 cm³/mol. The van der Waals surface area contributed by atoms with Gasteiger partial charge in [0.2, 0.25) is 0 Å². The monoisotopic (exact) mass is 649 g/mol. The summed E-state index contributed by atoms with van der Waals surface area (Å²) < 4.78 is 4.80. The van der Waals surface area contributed by atoms with Crippen LogP contribution in [0.4, 0.5) is 0 Å². The summed E-state index contributed by atoms with van der Waals surface area (Å²) in [6.45, 7) is 0. The number of para-hydroxylation sites is 5. The number of nitrogens with zero attached hydrogens (tertiary/aromatic N) is 2. The summed E-state index contributed by atoms with van der Waals surface area (Å²) in [5.41, 5.74) is 14.3. The molecule has 3 heterocycles. The van der Waals surface area contributed by atoms with Crippen molar-refractivity contribution >= 4 is 65.4 Å². The minimum absolute atomic E-state index is 1.14. The van der Waals surface area contributed by atoms with Crippen molar-refractivity contribution in [3.8, 4) is 33.6 Å². The average Bonchev–Trinajstić information content (AvgIpc) is 3.86. The molecule has 3 nitrogen and oxygen atoms in total. The molecule has 51 heavy (non-hydrogen) atoms. The van der Waals surface area contributed by atoms with Crippen LogP contribution in [0.2, 0.25) is 0 Å². The second-order valence-corrected chi connectivity index (χ2v) is 13.5. The van der Waals surface area contributed by atoms with Gasteiger partial charge in [0.15, 0.2) is 0 Å². The molecule has 0 saturated heterocycles. The number of hydrogen-bond donors (Lipinski definition) is 1. The molecule has 0 unspecified atom stereocenters. The number of nitrogens with one attached hydrogen (secondary N) is 1. The van der Waals surface area contributed by atoms with Gasteiger partial charge in [-0.1, -0.05) is 121 Å². The van der Waals surface area contributed by atoms with Crippen molar-refractivity contribution in [1.82, 2.24) is 14.1 Å². The highest BCUT2D eigenvalue weighted by molar-refractivity contribution is 6.15. The largest absolute Gasteiger partial charge is 0.353 e. The number of hydrogen-bond acceptors (Lipinski definition) is 0. The van der Waals surface area contributed by atoms with E-state index in [4.69, 9.17) is 0 Å². The molecular formula is C48H31N3. The number of aromatic nitrogens is 3. The fourth-order valence-electron chi connectivity index (χ4n) is 8.32. The van der Waals surface area contributed by atoms with Crippen LogP contribution >= 0.6 is 0 Å². The summed E-state index contributed by atoms with van der Waals surface area (Å²) in [6, 6.07) is 66.2. The molecule has 0 saturated carbocycles. The Bertz CT molecular complexity index is 3070. The van der Waals surface area contributed by atoms with Crippen LogP contribution in [0.15, 0.2) is 182 Å². The number of aromatic amines is 1. The van der Waals surface area contributed by atoms with Gasteiger partial charge in [-0.05, 0) is 82.9 Å². The third-order valence-electron chi connectivity index (χ3n) is 10.7. The van der Waals surface area contributed by atoms with E-state index in [1.807, 2.05) is 0 Å². The molecule has 0 fully saturated rings. The molecule has 0 amide bonds. The number of fused-ring (bicyclic) bond motifs is 9. The van der Waals surface area contributed by atoms with Crippen LogP contribution in [0.1, 0.15) is 0 Å². The van der Waals surface area contributed by atoms with Crippen LogP contribution in [0.5, 0.6) is 0 Å². The third kappa shape index (κ3) is 4.19. The van der Waals surface area contributed by atoms with E-state index < -0.39 is 0 Å². The van der Waals surface area contributed by atoms with Crippen molar-refractivity contribution in [2.75, 3.05) is 0 Å². The van der Waals surface area contributed by atoms with Gasteiger partial charge in [0.05, 0.1) is 33.3 Å². The van der Waals surface area contributed by atoms with Crippen LogP contribution < -0.4 is 0 Å². The quantitative estimate of drug-likeness (QED) is 0.196. The van der Waals surface area contributed by atoms with Crippen LogP contribution in [0.3, 0.4) is 0 Å². The minimum atomic E-state index is 1.14. The highest BCUT2D eigenvalue weighted by atomic mass is 15.0. The molecule has 0 atom stereocenters. The van der Waals surface area contributed by atoms with Crippen molar-refractivity contribution < 1.29 is 0 Å². The van der Waals surface area contributed by atoms with E-state index in [1.165, 1.54) is 82.3 Å². The summed E-state index contributed by atoms with van der Waals surface area (Å²) in [5, 5.41) is 7.50. The fraction of sp³-hybridized carbons (Fsp3) is 0. The van der Waals surface area contributed by atoms with Gasteiger partial charge in [-0.2, -0.15) is 0 Å². The molecular weight excluding hydrogens is 619 g/mol. The molecule has 238 valence electrons. The molecule has 0 radical (unpaired) electrons. The van der Waals surface area contributed by atoms with Gasteiger partial charge >= 0.3 is 0 Å². The average molecular weight is 650 g/mol. The summed E-state index contributed by atoms with van der Waals surface area (Å²) in [7, 11) is 0. The standard InChI is InChI=1S/C48H31N3/c1-2-12-35(13-3-1)50-43-19-9-7-17-39(43)40-28-33(26-27-46(40)50)31-22-24-32(25-23-31)34-29-41-36-14-4-8-18-42(36)49-48(41)47(30-34)51-44-20-10-5-15-37(44)38-16-6-11-21-45(38)51/h1-30,49H. The van der Waals surface area contributed by atoms with Gasteiger partial charge in [-0.15, -0.1) is 0 Å². The lowest BCUT2D eigenvalue weighted by Crippen LogP contribution is -1.96. The maximum atomic E-state index is 3.79. The molecule has 11 aromatic rings. The fourth-order valence-corrected chi connectivity index (χ4v) is 8.32. The van der Waals surface area contributed by atoms with Crippen LogP contribution in [0.25, 0.3) is 99.0 Å². The van der Waals surface area contributed by atoms with E-state index in [0.29, 0.717) is 0 Å². The molecule has 3 heteroatoms. The molecule has 0 aliphatic heterocycles. The second-order valence-electron chi connectivity index (χ2n) is 13.5. The van der Waals surface area contributed by atoms with Crippen molar-refractivity contribution in [3.05, 3.63) is 182 Å². The van der Waals surface area contributed by atoms with Crippen LogP contribution in [-0.2, 0) is 0 Å². The Morgan fingerprint density at radius 3 is 1.49 bits per heavy atom. The van der Waals surface area contributed by atoms with Crippen LogP contribution in [-0.4, -0.2) is 14.1 Å². The normalized spacial score (nSPS) is 11.9. The molecule has 11 rings (SSSR count). The molecule has 0 spiro atoms. The summed E-state index contributed by atoms with van der Waals surface area (Å²) in [6.07, 6.45) is 0. The Kier molecular flexibility index (Phi) is 5.96. The van der Waals surface area contributed by atoms with E-state index in [-0.39, 0.29) is 0 Å². The van der Waals surface area contributed by atoms with Crippen molar-refractivity contribution in [2.24, 2.45) is 0 Å². The Balaban J connectivity index is 1.08. The maximum Gasteiger partial charge on any atom is 0.0710 e. The Morgan fingerprint density at radius 2 is 0.804 bits per heavy atom. The molecule has 1 N–H and O–H groups in total. The van der Waals surface area contributed by atoms with Crippen molar-refractivity contribution in [2.45, 2.75) is 0 Å². The van der Waals surface area contributed by atoms with E-state index in [0.717, 1.165) is 16.7 Å². The molecule has 0 bridgehead atoms. The molecule has 3 aromatic heterocycles. The Hall–Kier alpha value is -6.84. The lowest BCUT2D eigenvalue weighted by molar-refractivity contribution is 1.18. The van der Waals surface area contributed by atoms with E-state index >= 15 is 0 Å². The first-order chi connectivity index (χ1) is 25.3. The zero-order valence-electron chi connectivity index (χ0n) is 27.7. The van der Waals surface area contributed by atoms with Gasteiger partial charge in [0.25, 0.3) is 0 Å². The molecule has 8 aromatic carbocycles. The lowest BCUT2D eigenvalue weighted by atomic mass is 9.97. The van der Waals surface area contributed by atoms with E-state index in [2.05, 4.69) is 196 Å². The number of H-pyrrole nitrogens is 1. The smallest absolute Gasteiger partial charge is 0.0710 e. The van der Waals surface area contributed by atoms with Gasteiger partial charge in [-0.25, -0.2) is 0 Å². The first kappa shape index (κ1) is 28.0. The van der Waals surface area contributed by atoms with Crippen molar-refractivity contribution in [1.29, 1.82) is 0 Å². The van der Waals surface area contributed by atoms with Gasteiger partial charge in [0.1, 0.15) is 0 Å².